The fourth-order valence-electron chi connectivity index (χ4n) is 1.27. The fraction of sp³-hybridized carbons (Fsp3) is 0.500. The molecule has 0 amide bonds. The minimum Gasteiger partial charge on any atom is -0.392 e. The number of nitrogens with one attached hydrogen (secondary N) is 1. The van der Waals surface area contributed by atoms with Crippen molar-refractivity contribution in [2.45, 2.75) is 30.1 Å². The number of sulfonamides is 1. The zero-order valence-electron chi connectivity index (χ0n) is 11.1. The molecule has 1 rings (SSSR count). The first-order chi connectivity index (χ1) is 8.72. The van der Waals surface area contributed by atoms with E-state index in [0.717, 1.165) is 0 Å². The molecule has 19 heavy (non-hydrogen) atoms. The largest absolute Gasteiger partial charge is 0.392 e. The predicted octanol–water partition coefficient (Wildman–Crippen LogP) is 2.36. The summed E-state index contributed by atoms with van der Waals surface area (Å²) in [5.74, 6) is 0. The van der Waals surface area contributed by atoms with Gasteiger partial charge in [0.05, 0.1) is 11.5 Å². The zero-order chi connectivity index (χ0) is 14.7. The maximum atomic E-state index is 12.3. The Morgan fingerprint density at radius 2 is 2.05 bits per heavy atom. The van der Waals surface area contributed by atoms with Crippen molar-refractivity contribution >= 4 is 37.7 Å². The summed E-state index contributed by atoms with van der Waals surface area (Å²) in [6.07, 6.45) is 1.94. The summed E-state index contributed by atoms with van der Waals surface area (Å²) in [6, 6.07) is 4.77. The van der Waals surface area contributed by atoms with E-state index in [1.165, 1.54) is 6.07 Å². The molecule has 2 N–H and O–H groups in total. The van der Waals surface area contributed by atoms with E-state index in [4.69, 9.17) is 5.11 Å². The molecular formula is C12H18BrNO3S2. The highest BCUT2D eigenvalue weighted by atomic mass is 79.9. The van der Waals surface area contributed by atoms with Gasteiger partial charge in [-0.2, -0.15) is 11.8 Å². The van der Waals surface area contributed by atoms with Gasteiger partial charge in [-0.3, -0.25) is 0 Å². The number of thioether (sulfide) groups is 1. The van der Waals surface area contributed by atoms with Gasteiger partial charge in [0.15, 0.2) is 0 Å². The Labute approximate surface area is 127 Å². The van der Waals surface area contributed by atoms with Gasteiger partial charge in [-0.1, -0.05) is 6.07 Å². The summed E-state index contributed by atoms with van der Waals surface area (Å²) in [5, 5.41) is 9.08. The second-order valence-corrected chi connectivity index (χ2v) is 8.81. The van der Waals surface area contributed by atoms with Crippen LogP contribution in [0, 0.1) is 0 Å². The third-order valence-electron chi connectivity index (χ3n) is 2.71. The molecule has 0 spiro atoms. The monoisotopic (exact) mass is 367 g/mol. The summed E-state index contributed by atoms with van der Waals surface area (Å²) in [7, 11) is -3.59. The summed E-state index contributed by atoms with van der Waals surface area (Å²) in [6.45, 7) is 4.09. The van der Waals surface area contributed by atoms with Crippen LogP contribution in [0.2, 0.25) is 0 Å². The smallest absolute Gasteiger partial charge is 0.241 e. The molecule has 1 aromatic rings. The van der Waals surface area contributed by atoms with Gasteiger partial charge < -0.3 is 5.11 Å². The van der Waals surface area contributed by atoms with Crippen LogP contribution in [0.15, 0.2) is 27.6 Å². The lowest BCUT2D eigenvalue weighted by Gasteiger charge is -2.22. The van der Waals surface area contributed by atoms with E-state index in [-0.39, 0.29) is 16.2 Å². The maximum absolute atomic E-state index is 12.3. The topological polar surface area (TPSA) is 66.4 Å². The van der Waals surface area contributed by atoms with Gasteiger partial charge in [-0.05, 0) is 53.7 Å². The van der Waals surface area contributed by atoms with Crippen molar-refractivity contribution in [2.75, 3.05) is 12.8 Å². The molecule has 0 saturated heterocycles. The quantitative estimate of drug-likeness (QED) is 0.809. The van der Waals surface area contributed by atoms with Crippen molar-refractivity contribution in [1.82, 2.24) is 4.72 Å². The SMILES string of the molecule is CSC(C)(C)CNS(=O)(=O)c1cc(CO)ccc1Br. The van der Waals surface area contributed by atoms with E-state index in [2.05, 4.69) is 20.7 Å². The van der Waals surface area contributed by atoms with Crippen LogP contribution in [0.5, 0.6) is 0 Å². The van der Waals surface area contributed by atoms with Crippen LogP contribution in [0.1, 0.15) is 19.4 Å². The standard InChI is InChI=1S/C12H18BrNO3S2/c1-12(2,18-3)8-14-19(16,17)11-6-9(7-15)4-5-10(11)13/h4-6,14-15H,7-8H2,1-3H3. The molecule has 0 radical (unpaired) electrons. The number of halogens is 1. The molecule has 1 aromatic carbocycles. The van der Waals surface area contributed by atoms with E-state index in [0.29, 0.717) is 16.6 Å². The molecular weight excluding hydrogens is 350 g/mol. The molecule has 0 bridgehead atoms. The summed E-state index contributed by atoms with van der Waals surface area (Å²) in [4.78, 5) is 0.149. The molecule has 0 unspecified atom stereocenters. The first-order valence-corrected chi connectivity index (χ1v) is 9.16. The van der Waals surface area contributed by atoms with E-state index in [1.54, 1.807) is 23.9 Å². The molecule has 108 valence electrons. The molecule has 0 aliphatic carbocycles. The minimum atomic E-state index is -3.59. The van der Waals surface area contributed by atoms with Gasteiger partial charge in [0.2, 0.25) is 10.0 Å². The van der Waals surface area contributed by atoms with Crippen LogP contribution in [-0.4, -0.2) is 31.1 Å². The van der Waals surface area contributed by atoms with E-state index >= 15 is 0 Å². The molecule has 0 fully saturated rings. The van der Waals surface area contributed by atoms with Gasteiger partial charge in [0.1, 0.15) is 0 Å². The van der Waals surface area contributed by atoms with Crippen LogP contribution in [0.25, 0.3) is 0 Å². The van der Waals surface area contributed by atoms with Gasteiger partial charge in [0, 0.05) is 15.8 Å². The molecule has 0 heterocycles. The molecule has 0 aliphatic rings. The van der Waals surface area contributed by atoms with Crippen LogP contribution in [-0.2, 0) is 16.6 Å². The van der Waals surface area contributed by atoms with E-state index < -0.39 is 10.0 Å². The van der Waals surface area contributed by atoms with Crippen LogP contribution in [0.3, 0.4) is 0 Å². The van der Waals surface area contributed by atoms with Crippen LogP contribution >= 0.6 is 27.7 Å². The van der Waals surface area contributed by atoms with Crippen molar-refractivity contribution in [2.24, 2.45) is 0 Å². The van der Waals surface area contributed by atoms with Crippen molar-refractivity contribution in [3.05, 3.63) is 28.2 Å². The van der Waals surface area contributed by atoms with Gasteiger partial charge in [-0.25, -0.2) is 13.1 Å². The first kappa shape index (κ1) is 17.0. The lowest BCUT2D eigenvalue weighted by molar-refractivity contribution is 0.281. The van der Waals surface area contributed by atoms with E-state index in [9.17, 15) is 8.42 Å². The highest BCUT2D eigenvalue weighted by Crippen LogP contribution is 2.25. The Morgan fingerprint density at radius 1 is 1.42 bits per heavy atom. The summed E-state index contributed by atoms with van der Waals surface area (Å²) < 4.78 is 27.4. The lowest BCUT2D eigenvalue weighted by atomic mass is 10.2. The van der Waals surface area contributed by atoms with Gasteiger partial charge in [0.25, 0.3) is 0 Å². The van der Waals surface area contributed by atoms with E-state index in [1.807, 2.05) is 20.1 Å². The highest BCUT2D eigenvalue weighted by molar-refractivity contribution is 9.10. The molecule has 0 aromatic heterocycles. The third kappa shape index (κ3) is 4.75. The second kappa shape index (κ2) is 6.58. The Balaban J connectivity index is 3.00. The van der Waals surface area contributed by atoms with Gasteiger partial charge >= 0.3 is 0 Å². The third-order valence-corrected chi connectivity index (χ3v) is 6.35. The number of hydrogen-bond donors (Lipinski definition) is 2. The highest BCUT2D eigenvalue weighted by Gasteiger charge is 2.23. The second-order valence-electron chi connectivity index (χ2n) is 4.71. The molecule has 4 nitrogen and oxygen atoms in total. The Hall–Kier alpha value is -0.0800. The number of hydrogen-bond acceptors (Lipinski definition) is 4. The molecule has 0 saturated carbocycles. The maximum Gasteiger partial charge on any atom is 0.241 e. The van der Waals surface area contributed by atoms with Gasteiger partial charge in [-0.15, -0.1) is 0 Å². The molecule has 7 heteroatoms. The van der Waals surface area contributed by atoms with Crippen LogP contribution in [0.4, 0.5) is 0 Å². The Morgan fingerprint density at radius 3 is 2.58 bits per heavy atom. The van der Waals surface area contributed by atoms with Crippen molar-refractivity contribution in [3.8, 4) is 0 Å². The predicted molar refractivity (Wildman–Crippen MR) is 82.8 cm³/mol. The Kier molecular flexibility index (Phi) is 5.88. The normalized spacial score (nSPS) is 12.7. The lowest BCUT2D eigenvalue weighted by Crippen LogP contribution is -2.36. The first-order valence-electron chi connectivity index (χ1n) is 5.66. The molecule has 0 aliphatic heterocycles. The number of rotatable bonds is 6. The van der Waals surface area contributed by atoms with Crippen molar-refractivity contribution < 1.29 is 13.5 Å². The number of aliphatic hydroxyl groups excluding tert-OH is 1. The van der Waals surface area contributed by atoms with Crippen molar-refractivity contribution in [1.29, 1.82) is 0 Å². The average molecular weight is 368 g/mol. The number of aliphatic hydroxyl groups is 1. The molecule has 0 atom stereocenters. The minimum absolute atomic E-state index is 0.149. The summed E-state index contributed by atoms with van der Waals surface area (Å²) in [5.41, 5.74) is 0.563. The zero-order valence-corrected chi connectivity index (χ0v) is 14.3. The fourth-order valence-corrected chi connectivity index (χ4v) is 3.80. The number of benzene rings is 1. The van der Waals surface area contributed by atoms with Crippen LogP contribution < -0.4 is 4.72 Å². The Bertz CT molecular complexity index is 544. The average Bonchev–Trinajstić information content (AvgIpc) is 2.37. The summed E-state index contributed by atoms with van der Waals surface area (Å²) >= 11 is 4.82. The van der Waals surface area contributed by atoms with Crippen molar-refractivity contribution in [3.63, 3.8) is 0 Å².